The highest BCUT2D eigenvalue weighted by Gasteiger charge is 2.50. The van der Waals surface area contributed by atoms with Crippen molar-refractivity contribution >= 4 is 0 Å². The van der Waals surface area contributed by atoms with Crippen molar-refractivity contribution in [2.75, 3.05) is 0 Å². The van der Waals surface area contributed by atoms with Gasteiger partial charge in [0.25, 0.3) is 0 Å². The van der Waals surface area contributed by atoms with Gasteiger partial charge in [0.1, 0.15) is 0 Å². The van der Waals surface area contributed by atoms with E-state index in [1.165, 1.54) is 25.7 Å². The van der Waals surface area contributed by atoms with Crippen molar-refractivity contribution in [1.29, 1.82) is 0 Å². The van der Waals surface area contributed by atoms with Crippen molar-refractivity contribution in [2.45, 2.75) is 38.7 Å². The van der Waals surface area contributed by atoms with E-state index in [1.807, 2.05) is 0 Å². The first kappa shape index (κ1) is 6.66. The summed E-state index contributed by atoms with van der Waals surface area (Å²) in [6.45, 7) is 2.20. The monoisotopic (exact) mass is 140 g/mol. The van der Waals surface area contributed by atoms with Gasteiger partial charge in [-0.2, -0.15) is 0 Å². The molecule has 0 bridgehead atoms. The lowest BCUT2D eigenvalue weighted by atomic mass is 9.63. The zero-order chi connectivity index (χ0) is 7.14. The Hall–Kier alpha value is -0.0400. The molecule has 0 radical (unpaired) electrons. The van der Waals surface area contributed by atoms with Crippen LogP contribution >= 0.6 is 0 Å². The third-order valence-electron chi connectivity index (χ3n) is 3.52. The van der Waals surface area contributed by atoms with E-state index < -0.39 is 0 Å². The molecule has 2 aliphatic rings. The summed E-state index contributed by atoms with van der Waals surface area (Å²) in [4.78, 5) is 0. The summed E-state index contributed by atoms with van der Waals surface area (Å²) in [5, 5.41) is 9.58. The van der Waals surface area contributed by atoms with Gasteiger partial charge in [-0.3, -0.25) is 0 Å². The molecule has 0 aliphatic heterocycles. The average Bonchev–Trinajstić information content (AvgIpc) is 2.33. The Morgan fingerprint density at radius 2 is 2.00 bits per heavy atom. The van der Waals surface area contributed by atoms with E-state index in [-0.39, 0.29) is 6.10 Å². The first-order chi connectivity index (χ1) is 4.84. The Labute approximate surface area is 62.4 Å². The van der Waals surface area contributed by atoms with E-state index in [0.29, 0.717) is 11.8 Å². The second kappa shape index (κ2) is 2.23. The van der Waals surface area contributed by atoms with Gasteiger partial charge in [0.15, 0.2) is 0 Å². The molecule has 58 valence electrons. The summed E-state index contributed by atoms with van der Waals surface area (Å²) in [5.74, 6) is 2.26. The number of fused-ring (bicyclic) bond motifs is 1. The molecule has 1 N–H and O–H groups in total. The molecular weight excluding hydrogens is 124 g/mol. The van der Waals surface area contributed by atoms with Gasteiger partial charge >= 0.3 is 0 Å². The van der Waals surface area contributed by atoms with Gasteiger partial charge in [-0.05, 0) is 30.6 Å². The van der Waals surface area contributed by atoms with Crippen LogP contribution in [-0.4, -0.2) is 11.2 Å². The van der Waals surface area contributed by atoms with Crippen LogP contribution in [0.2, 0.25) is 0 Å². The molecule has 0 aromatic rings. The molecule has 4 atom stereocenters. The topological polar surface area (TPSA) is 20.2 Å². The Balaban J connectivity index is 2.01. The molecule has 0 amide bonds. The number of aliphatic hydroxyl groups excluding tert-OH is 1. The summed E-state index contributed by atoms with van der Waals surface area (Å²) in [7, 11) is 0. The summed E-state index contributed by atoms with van der Waals surface area (Å²) in [6, 6.07) is 0. The first-order valence-corrected chi connectivity index (χ1v) is 4.52. The summed E-state index contributed by atoms with van der Waals surface area (Å²) < 4.78 is 0. The van der Waals surface area contributed by atoms with E-state index >= 15 is 0 Å². The van der Waals surface area contributed by atoms with Crippen LogP contribution in [0.3, 0.4) is 0 Å². The van der Waals surface area contributed by atoms with Crippen molar-refractivity contribution in [3.8, 4) is 0 Å². The van der Waals surface area contributed by atoms with Crippen molar-refractivity contribution in [1.82, 2.24) is 0 Å². The fourth-order valence-electron chi connectivity index (χ4n) is 2.94. The molecule has 0 saturated heterocycles. The normalized spacial score (nSPS) is 52.2. The summed E-state index contributed by atoms with van der Waals surface area (Å²) in [6.07, 6.45) is 5.30. The highest BCUT2D eigenvalue weighted by atomic mass is 16.3. The lowest BCUT2D eigenvalue weighted by molar-refractivity contribution is -0.0859. The smallest absolute Gasteiger partial charge is 0.0601 e. The predicted octanol–water partition coefficient (Wildman–Crippen LogP) is 1.80. The molecule has 1 nitrogen and oxygen atoms in total. The third-order valence-corrected chi connectivity index (χ3v) is 3.52. The molecule has 1 heteroatoms. The molecule has 2 aliphatic carbocycles. The largest absolute Gasteiger partial charge is 0.393 e. The Kier molecular flexibility index (Phi) is 1.48. The van der Waals surface area contributed by atoms with E-state index in [2.05, 4.69) is 6.92 Å². The lowest BCUT2D eigenvalue weighted by Crippen LogP contribution is -2.47. The summed E-state index contributed by atoms with van der Waals surface area (Å²) in [5.41, 5.74) is 0. The van der Waals surface area contributed by atoms with E-state index in [9.17, 15) is 5.11 Å². The second-order valence-corrected chi connectivity index (χ2v) is 3.82. The van der Waals surface area contributed by atoms with Crippen molar-refractivity contribution in [3.05, 3.63) is 0 Å². The van der Waals surface area contributed by atoms with E-state index in [1.54, 1.807) is 0 Å². The van der Waals surface area contributed by atoms with Gasteiger partial charge in [0, 0.05) is 0 Å². The standard InChI is InChI=1S/C9H16O/c1-2-6-7-4-3-5-8(7)9(6)10/h6-10H,2-5H2,1H3. The lowest BCUT2D eigenvalue weighted by Gasteiger charge is -2.45. The quantitative estimate of drug-likeness (QED) is 0.589. The molecule has 0 aromatic carbocycles. The molecule has 10 heavy (non-hydrogen) atoms. The van der Waals surface area contributed by atoms with Crippen LogP contribution in [0.1, 0.15) is 32.6 Å². The fraction of sp³-hybridized carbons (Fsp3) is 1.00. The molecule has 2 fully saturated rings. The Morgan fingerprint density at radius 3 is 2.70 bits per heavy atom. The van der Waals surface area contributed by atoms with Crippen LogP contribution in [0.5, 0.6) is 0 Å². The van der Waals surface area contributed by atoms with Crippen LogP contribution in [-0.2, 0) is 0 Å². The number of rotatable bonds is 1. The Morgan fingerprint density at radius 1 is 1.30 bits per heavy atom. The number of hydrogen-bond acceptors (Lipinski definition) is 1. The van der Waals surface area contributed by atoms with Crippen LogP contribution in [0.25, 0.3) is 0 Å². The maximum absolute atomic E-state index is 9.58. The van der Waals surface area contributed by atoms with Gasteiger partial charge in [-0.1, -0.05) is 19.8 Å². The highest BCUT2D eigenvalue weighted by molar-refractivity contribution is 4.99. The second-order valence-electron chi connectivity index (χ2n) is 3.82. The highest BCUT2D eigenvalue weighted by Crippen LogP contribution is 2.52. The zero-order valence-corrected chi connectivity index (χ0v) is 6.59. The maximum atomic E-state index is 9.58. The molecule has 2 rings (SSSR count). The SMILES string of the molecule is CCC1C(O)C2CCCC12. The minimum Gasteiger partial charge on any atom is -0.393 e. The number of aliphatic hydroxyl groups is 1. The van der Waals surface area contributed by atoms with Gasteiger partial charge < -0.3 is 5.11 Å². The Bertz CT molecular complexity index is 133. The predicted molar refractivity (Wildman–Crippen MR) is 40.6 cm³/mol. The van der Waals surface area contributed by atoms with Gasteiger partial charge in [0.2, 0.25) is 0 Å². The van der Waals surface area contributed by atoms with Crippen LogP contribution in [0.4, 0.5) is 0 Å². The van der Waals surface area contributed by atoms with Crippen LogP contribution in [0, 0.1) is 17.8 Å². The maximum Gasteiger partial charge on any atom is 0.0601 e. The van der Waals surface area contributed by atoms with Crippen molar-refractivity contribution in [2.24, 2.45) is 17.8 Å². The van der Waals surface area contributed by atoms with E-state index in [0.717, 1.165) is 5.92 Å². The van der Waals surface area contributed by atoms with E-state index in [4.69, 9.17) is 0 Å². The van der Waals surface area contributed by atoms with Gasteiger partial charge in [0.05, 0.1) is 6.10 Å². The first-order valence-electron chi connectivity index (χ1n) is 4.52. The average molecular weight is 140 g/mol. The minimum absolute atomic E-state index is 0.0671. The zero-order valence-electron chi connectivity index (χ0n) is 6.59. The van der Waals surface area contributed by atoms with Gasteiger partial charge in [-0.25, -0.2) is 0 Å². The molecule has 2 saturated carbocycles. The molecule has 4 unspecified atom stereocenters. The molecule has 0 spiro atoms. The summed E-state index contributed by atoms with van der Waals surface area (Å²) >= 11 is 0. The molecule has 0 heterocycles. The third kappa shape index (κ3) is 0.672. The minimum atomic E-state index is 0.0671. The number of hydrogen-bond donors (Lipinski definition) is 1. The molecule has 0 aromatic heterocycles. The van der Waals surface area contributed by atoms with Gasteiger partial charge in [-0.15, -0.1) is 0 Å². The van der Waals surface area contributed by atoms with Crippen LogP contribution in [0.15, 0.2) is 0 Å². The van der Waals surface area contributed by atoms with Crippen LogP contribution < -0.4 is 0 Å². The molecular formula is C9H16O. The fourth-order valence-corrected chi connectivity index (χ4v) is 2.94. The van der Waals surface area contributed by atoms with Crippen molar-refractivity contribution in [3.63, 3.8) is 0 Å². The van der Waals surface area contributed by atoms with Crippen molar-refractivity contribution < 1.29 is 5.11 Å².